The summed E-state index contributed by atoms with van der Waals surface area (Å²) in [5.74, 6) is 0. The van der Waals surface area contributed by atoms with E-state index in [4.69, 9.17) is 0 Å². The molecule has 1 aromatic carbocycles. The lowest BCUT2D eigenvalue weighted by atomic mass is 10.3. The number of nitrogens with one attached hydrogen (secondary N) is 1. The van der Waals surface area contributed by atoms with E-state index in [-0.39, 0.29) is 0 Å². The van der Waals surface area contributed by atoms with Crippen LogP contribution in [-0.4, -0.2) is 4.98 Å². The first-order valence-electron chi connectivity index (χ1n) is 3.88. The van der Waals surface area contributed by atoms with Crippen molar-refractivity contribution in [2.75, 3.05) is 5.32 Å². The molecule has 1 aromatic heterocycles. The molecule has 0 radical (unpaired) electrons. The standard InChI is InChI=1S/C9H6BrIN2S/c10-8-5-12-9(14-8)13-7-3-1-6(11)2-4-7/h1-5H,(H,12,13). The first kappa shape index (κ1) is 10.4. The van der Waals surface area contributed by atoms with Crippen molar-refractivity contribution in [3.8, 4) is 0 Å². The van der Waals surface area contributed by atoms with Gasteiger partial charge in [-0.15, -0.1) is 0 Å². The van der Waals surface area contributed by atoms with Gasteiger partial charge in [0.15, 0.2) is 5.13 Å². The van der Waals surface area contributed by atoms with E-state index in [1.54, 1.807) is 17.5 Å². The fourth-order valence-electron chi connectivity index (χ4n) is 0.969. The zero-order valence-electron chi connectivity index (χ0n) is 7.00. The number of hydrogen-bond donors (Lipinski definition) is 1. The minimum absolute atomic E-state index is 0.901. The maximum absolute atomic E-state index is 4.19. The maximum atomic E-state index is 4.19. The molecule has 0 aliphatic rings. The lowest BCUT2D eigenvalue weighted by Crippen LogP contribution is -1.88. The average molecular weight is 381 g/mol. The Bertz CT molecular complexity index is 427. The Balaban J connectivity index is 2.15. The minimum atomic E-state index is 0.901. The highest BCUT2D eigenvalue weighted by atomic mass is 127. The van der Waals surface area contributed by atoms with E-state index in [9.17, 15) is 0 Å². The number of nitrogens with zero attached hydrogens (tertiary/aromatic N) is 1. The van der Waals surface area contributed by atoms with Crippen LogP contribution in [0, 0.1) is 3.57 Å². The zero-order chi connectivity index (χ0) is 9.97. The van der Waals surface area contributed by atoms with Crippen LogP contribution in [0.15, 0.2) is 34.2 Å². The van der Waals surface area contributed by atoms with Gasteiger partial charge in [-0.2, -0.15) is 0 Å². The van der Waals surface area contributed by atoms with E-state index in [1.165, 1.54) is 3.57 Å². The van der Waals surface area contributed by atoms with Gasteiger partial charge in [-0.1, -0.05) is 11.3 Å². The third-order valence-corrected chi connectivity index (χ3v) is 3.68. The van der Waals surface area contributed by atoms with Crippen molar-refractivity contribution in [2.45, 2.75) is 0 Å². The van der Waals surface area contributed by atoms with Crippen molar-refractivity contribution < 1.29 is 0 Å². The van der Waals surface area contributed by atoms with Crippen LogP contribution in [0.2, 0.25) is 0 Å². The summed E-state index contributed by atoms with van der Waals surface area (Å²) in [6.07, 6.45) is 1.79. The number of thiazole rings is 1. The molecule has 0 fully saturated rings. The Kier molecular flexibility index (Phi) is 3.40. The van der Waals surface area contributed by atoms with Gasteiger partial charge < -0.3 is 5.32 Å². The van der Waals surface area contributed by atoms with Gasteiger partial charge in [0, 0.05) is 9.26 Å². The molecule has 0 aliphatic carbocycles. The van der Waals surface area contributed by atoms with Gasteiger partial charge in [-0.25, -0.2) is 4.98 Å². The lowest BCUT2D eigenvalue weighted by Gasteiger charge is -2.01. The van der Waals surface area contributed by atoms with E-state index < -0.39 is 0 Å². The van der Waals surface area contributed by atoms with Crippen LogP contribution < -0.4 is 5.32 Å². The Morgan fingerprint density at radius 1 is 1.29 bits per heavy atom. The van der Waals surface area contributed by atoms with E-state index >= 15 is 0 Å². The largest absolute Gasteiger partial charge is 0.332 e. The molecule has 0 saturated heterocycles. The summed E-state index contributed by atoms with van der Waals surface area (Å²) in [7, 11) is 0. The van der Waals surface area contributed by atoms with Crippen molar-refractivity contribution >= 4 is 60.7 Å². The molecule has 2 aromatic rings. The van der Waals surface area contributed by atoms with Crippen molar-refractivity contribution in [1.29, 1.82) is 0 Å². The van der Waals surface area contributed by atoms with Gasteiger partial charge in [0.2, 0.25) is 0 Å². The molecule has 2 nitrogen and oxygen atoms in total. The normalized spacial score (nSPS) is 10.1. The molecule has 0 saturated carbocycles. The average Bonchev–Trinajstić information content (AvgIpc) is 2.56. The lowest BCUT2D eigenvalue weighted by molar-refractivity contribution is 1.38. The summed E-state index contributed by atoms with van der Waals surface area (Å²) >= 11 is 7.23. The molecule has 5 heteroatoms. The van der Waals surface area contributed by atoms with Crippen molar-refractivity contribution in [1.82, 2.24) is 4.98 Å². The Labute approximate surface area is 108 Å². The van der Waals surface area contributed by atoms with Crippen molar-refractivity contribution in [3.63, 3.8) is 0 Å². The summed E-state index contributed by atoms with van der Waals surface area (Å²) in [6, 6.07) is 8.20. The van der Waals surface area contributed by atoms with Crippen LogP contribution in [0.5, 0.6) is 0 Å². The topological polar surface area (TPSA) is 24.9 Å². The summed E-state index contributed by atoms with van der Waals surface area (Å²) < 4.78 is 2.26. The molecule has 0 unspecified atom stereocenters. The van der Waals surface area contributed by atoms with Crippen LogP contribution in [-0.2, 0) is 0 Å². The number of anilines is 2. The molecule has 0 spiro atoms. The summed E-state index contributed by atoms with van der Waals surface area (Å²) in [5.41, 5.74) is 1.06. The van der Waals surface area contributed by atoms with E-state index in [2.05, 4.69) is 61.0 Å². The second-order valence-corrected chi connectivity index (χ2v) is 6.26. The maximum Gasteiger partial charge on any atom is 0.188 e. The fraction of sp³-hybridized carbons (Fsp3) is 0. The van der Waals surface area contributed by atoms with Gasteiger partial charge in [-0.3, -0.25) is 0 Å². The first-order valence-corrected chi connectivity index (χ1v) is 6.57. The molecule has 0 amide bonds. The smallest absolute Gasteiger partial charge is 0.188 e. The molecule has 0 atom stereocenters. The van der Waals surface area contributed by atoms with Gasteiger partial charge >= 0.3 is 0 Å². The van der Waals surface area contributed by atoms with Crippen molar-refractivity contribution in [3.05, 3.63) is 37.8 Å². The highest BCUT2D eigenvalue weighted by molar-refractivity contribution is 14.1. The summed E-state index contributed by atoms with van der Waals surface area (Å²) in [6.45, 7) is 0. The molecule has 1 heterocycles. The molecule has 72 valence electrons. The Morgan fingerprint density at radius 3 is 2.57 bits per heavy atom. The first-order chi connectivity index (χ1) is 6.74. The van der Waals surface area contributed by atoms with E-state index in [1.807, 2.05) is 12.1 Å². The SMILES string of the molecule is Brc1cnc(Nc2ccc(I)cc2)s1. The summed E-state index contributed by atoms with van der Waals surface area (Å²) in [4.78, 5) is 4.19. The van der Waals surface area contributed by atoms with Crippen LogP contribution >= 0.6 is 49.9 Å². The monoisotopic (exact) mass is 380 g/mol. The summed E-state index contributed by atoms with van der Waals surface area (Å²) in [5, 5.41) is 4.13. The molecule has 0 bridgehead atoms. The Hall–Kier alpha value is -0.140. The third-order valence-electron chi connectivity index (χ3n) is 1.57. The number of aromatic nitrogens is 1. The predicted octanol–water partition coefficient (Wildman–Crippen LogP) is 4.25. The van der Waals surface area contributed by atoms with Gasteiger partial charge in [0.25, 0.3) is 0 Å². The van der Waals surface area contributed by atoms with Gasteiger partial charge in [0.1, 0.15) is 0 Å². The molecule has 2 rings (SSSR count). The number of benzene rings is 1. The highest BCUT2D eigenvalue weighted by Gasteiger charge is 1.99. The van der Waals surface area contributed by atoms with E-state index in [0.29, 0.717) is 0 Å². The van der Waals surface area contributed by atoms with Crippen LogP contribution in [0.25, 0.3) is 0 Å². The number of rotatable bonds is 2. The predicted molar refractivity (Wildman–Crippen MR) is 72.3 cm³/mol. The molecule has 1 N–H and O–H groups in total. The molecule has 14 heavy (non-hydrogen) atoms. The quantitative estimate of drug-likeness (QED) is 0.787. The van der Waals surface area contributed by atoms with Crippen LogP contribution in [0.4, 0.5) is 10.8 Å². The molecular weight excluding hydrogens is 375 g/mol. The van der Waals surface area contributed by atoms with Crippen LogP contribution in [0.3, 0.4) is 0 Å². The highest BCUT2D eigenvalue weighted by Crippen LogP contribution is 2.26. The third kappa shape index (κ3) is 2.68. The van der Waals surface area contributed by atoms with E-state index in [0.717, 1.165) is 14.6 Å². The van der Waals surface area contributed by atoms with Gasteiger partial charge in [0.05, 0.1) is 9.98 Å². The van der Waals surface area contributed by atoms with Crippen molar-refractivity contribution in [2.24, 2.45) is 0 Å². The minimum Gasteiger partial charge on any atom is -0.332 e. The fourth-order valence-corrected chi connectivity index (χ4v) is 2.46. The van der Waals surface area contributed by atoms with Gasteiger partial charge in [-0.05, 0) is 62.8 Å². The molecular formula is C9H6BrIN2S. The molecule has 0 aliphatic heterocycles. The second-order valence-electron chi connectivity index (χ2n) is 2.60. The van der Waals surface area contributed by atoms with Crippen LogP contribution in [0.1, 0.15) is 0 Å². The second kappa shape index (κ2) is 4.59. The number of hydrogen-bond acceptors (Lipinski definition) is 3. The zero-order valence-corrected chi connectivity index (χ0v) is 11.6. The number of halogens is 2. The Morgan fingerprint density at radius 2 is 2.00 bits per heavy atom.